The molecule has 0 aromatic carbocycles. The van der Waals surface area contributed by atoms with Crippen LogP contribution in [0.25, 0.3) is 0 Å². The van der Waals surface area contributed by atoms with Crippen LogP contribution in [0.1, 0.15) is 30.6 Å². The third-order valence-electron chi connectivity index (χ3n) is 3.02. The van der Waals surface area contributed by atoms with Gasteiger partial charge in [-0.3, -0.25) is 0 Å². The standard InChI is InChI=1S/C12H19ClN2S/c13-12-6-5-11(16-12)9-14-7-8-15-10-3-1-2-4-10/h5-6,10,14-15H,1-4,7-9H2. The summed E-state index contributed by atoms with van der Waals surface area (Å²) in [6.07, 6.45) is 5.53. The molecule has 1 aliphatic rings. The fourth-order valence-corrected chi connectivity index (χ4v) is 3.21. The second kappa shape index (κ2) is 6.60. The molecule has 0 amide bonds. The topological polar surface area (TPSA) is 24.1 Å². The Morgan fingerprint density at radius 1 is 1.25 bits per heavy atom. The Labute approximate surface area is 106 Å². The van der Waals surface area contributed by atoms with Gasteiger partial charge in [0.2, 0.25) is 0 Å². The summed E-state index contributed by atoms with van der Waals surface area (Å²) in [5, 5.41) is 7.02. The van der Waals surface area contributed by atoms with E-state index in [0.29, 0.717) is 0 Å². The average molecular weight is 259 g/mol. The molecule has 1 aromatic heterocycles. The first-order valence-corrected chi connectivity index (χ1v) is 7.22. The number of hydrogen-bond acceptors (Lipinski definition) is 3. The zero-order valence-corrected chi connectivity index (χ0v) is 11.0. The van der Waals surface area contributed by atoms with Crippen LogP contribution < -0.4 is 10.6 Å². The fraction of sp³-hybridized carbons (Fsp3) is 0.667. The summed E-state index contributed by atoms with van der Waals surface area (Å²) < 4.78 is 0.876. The summed E-state index contributed by atoms with van der Waals surface area (Å²) in [6, 6.07) is 4.82. The highest BCUT2D eigenvalue weighted by molar-refractivity contribution is 7.16. The van der Waals surface area contributed by atoms with E-state index >= 15 is 0 Å². The minimum atomic E-state index is 0.776. The Bertz CT molecular complexity index is 308. The highest BCUT2D eigenvalue weighted by atomic mass is 35.5. The molecule has 0 spiro atoms. The molecule has 2 N–H and O–H groups in total. The molecule has 0 aliphatic heterocycles. The molecule has 2 rings (SSSR count). The van der Waals surface area contributed by atoms with Crippen LogP contribution in [0.2, 0.25) is 4.34 Å². The Morgan fingerprint density at radius 3 is 2.75 bits per heavy atom. The quantitative estimate of drug-likeness (QED) is 0.767. The van der Waals surface area contributed by atoms with Crippen molar-refractivity contribution in [1.29, 1.82) is 0 Å². The molecule has 90 valence electrons. The SMILES string of the molecule is Clc1ccc(CNCCNC2CCCC2)s1. The molecule has 4 heteroatoms. The van der Waals surface area contributed by atoms with Gasteiger partial charge in [-0.05, 0) is 25.0 Å². The van der Waals surface area contributed by atoms with E-state index in [9.17, 15) is 0 Å². The van der Waals surface area contributed by atoms with Crippen LogP contribution in [-0.4, -0.2) is 19.1 Å². The van der Waals surface area contributed by atoms with Gasteiger partial charge in [0.25, 0.3) is 0 Å². The maximum absolute atomic E-state index is 5.86. The van der Waals surface area contributed by atoms with Gasteiger partial charge in [-0.15, -0.1) is 11.3 Å². The largest absolute Gasteiger partial charge is 0.313 e. The van der Waals surface area contributed by atoms with Gasteiger partial charge >= 0.3 is 0 Å². The van der Waals surface area contributed by atoms with Crippen LogP contribution in [0.4, 0.5) is 0 Å². The lowest BCUT2D eigenvalue weighted by Gasteiger charge is -2.11. The van der Waals surface area contributed by atoms with Crippen LogP contribution in [-0.2, 0) is 6.54 Å². The molecular formula is C12H19ClN2S. The lowest BCUT2D eigenvalue weighted by molar-refractivity contribution is 0.509. The first-order chi connectivity index (χ1) is 7.84. The lowest BCUT2D eigenvalue weighted by Crippen LogP contribution is -2.33. The van der Waals surface area contributed by atoms with E-state index in [-0.39, 0.29) is 0 Å². The maximum Gasteiger partial charge on any atom is 0.0931 e. The number of nitrogens with one attached hydrogen (secondary N) is 2. The van der Waals surface area contributed by atoms with Gasteiger partial charge in [-0.2, -0.15) is 0 Å². The maximum atomic E-state index is 5.86. The molecule has 1 aromatic rings. The summed E-state index contributed by atoms with van der Waals surface area (Å²) >= 11 is 7.52. The summed E-state index contributed by atoms with van der Waals surface area (Å²) in [6.45, 7) is 3.04. The van der Waals surface area contributed by atoms with E-state index in [1.807, 2.05) is 6.07 Å². The van der Waals surface area contributed by atoms with Crippen molar-refractivity contribution in [3.63, 3.8) is 0 Å². The zero-order chi connectivity index (χ0) is 11.2. The third-order valence-corrected chi connectivity index (χ3v) is 4.25. The van der Waals surface area contributed by atoms with E-state index in [1.165, 1.54) is 30.6 Å². The van der Waals surface area contributed by atoms with Gasteiger partial charge in [-0.1, -0.05) is 24.4 Å². The van der Waals surface area contributed by atoms with Crippen molar-refractivity contribution in [2.24, 2.45) is 0 Å². The average Bonchev–Trinajstić information content (AvgIpc) is 2.89. The van der Waals surface area contributed by atoms with Crippen LogP contribution in [0.5, 0.6) is 0 Å². The van der Waals surface area contributed by atoms with Crippen molar-refractivity contribution in [3.05, 3.63) is 21.3 Å². The Kier molecular flexibility index (Phi) is 5.10. The summed E-state index contributed by atoms with van der Waals surface area (Å²) in [4.78, 5) is 1.31. The molecule has 2 nitrogen and oxygen atoms in total. The fourth-order valence-electron chi connectivity index (χ4n) is 2.15. The van der Waals surface area contributed by atoms with Gasteiger partial charge < -0.3 is 10.6 Å². The van der Waals surface area contributed by atoms with E-state index < -0.39 is 0 Å². The Morgan fingerprint density at radius 2 is 2.06 bits per heavy atom. The second-order valence-corrected chi connectivity index (χ2v) is 6.12. The van der Waals surface area contributed by atoms with Crippen molar-refractivity contribution in [2.75, 3.05) is 13.1 Å². The zero-order valence-electron chi connectivity index (χ0n) is 9.47. The molecule has 1 heterocycles. The smallest absolute Gasteiger partial charge is 0.0931 e. The second-order valence-electron chi connectivity index (χ2n) is 4.32. The van der Waals surface area contributed by atoms with E-state index in [2.05, 4.69) is 16.7 Å². The summed E-state index contributed by atoms with van der Waals surface area (Å²) in [5.74, 6) is 0. The van der Waals surface area contributed by atoms with Crippen LogP contribution in [0.15, 0.2) is 12.1 Å². The first-order valence-electron chi connectivity index (χ1n) is 6.03. The molecule has 1 fully saturated rings. The molecule has 1 aliphatic carbocycles. The predicted molar refractivity (Wildman–Crippen MR) is 71.3 cm³/mol. The molecular weight excluding hydrogens is 240 g/mol. The highest BCUT2D eigenvalue weighted by Gasteiger charge is 2.12. The van der Waals surface area contributed by atoms with Crippen LogP contribution in [0.3, 0.4) is 0 Å². The molecule has 0 saturated heterocycles. The van der Waals surface area contributed by atoms with Gasteiger partial charge in [0, 0.05) is 30.6 Å². The Balaban J connectivity index is 1.51. The predicted octanol–water partition coefficient (Wildman–Crippen LogP) is 3.02. The highest BCUT2D eigenvalue weighted by Crippen LogP contribution is 2.20. The van der Waals surface area contributed by atoms with Crippen LogP contribution >= 0.6 is 22.9 Å². The Hall–Kier alpha value is -0.0900. The first kappa shape index (κ1) is 12.4. The summed E-state index contributed by atoms with van der Waals surface area (Å²) in [5.41, 5.74) is 0. The normalized spacial score (nSPS) is 17.1. The van der Waals surface area contributed by atoms with Crippen molar-refractivity contribution < 1.29 is 0 Å². The van der Waals surface area contributed by atoms with Gasteiger partial charge in [0.1, 0.15) is 0 Å². The van der Waals surface area contributed by atoms with Gasteiger partial charge in [0.15, 0.2) is 0 Å². The summed E-state index contributed by atoms with van der Waals surface area (Å²) in [7, 11) is 0. The minimum absolute atomic E-state index is 0.776. The molecule has 0 unspecified atom stereocenters. The molecule has 1 saturated carbocycles. The lowest BCUT2D eigenvalue weighted by atomic mass is 10.2. The number of thiophene rings is 1. The molecule has 0 bridgehead atoms. The van der Waals surface area contributed by atoms with Crippen LogP contribution in [0, 0.1) is 0 Å². The minimum Gasteiger partial charge on any atom is -0.313 e. The number of rotatable bonds is 6. The molecule has 0 radical (unpaired) electrons. The van der Waals surface area contributed by atoms with Crippen molar-refractivity contribution in [1.82, 2.24) is 10.6 Å². The van der Waals surface area contributed by atoms with E-state index in [1.54, 1.807) is 11.3 Å². The van der Waals surface area contributed by atoms with E-state index in [0.717, 1.165) is 30.0 Å². The van der Waals surface area contributed by atoms with E-state index in [4.69, 9.17) is 11.6 Å². The van der Waals surface area contributed by atoms with Crippen molar-refractivity contribution in [3.8, 4) is 0 Å². The van der Waals surface area contributed by atoms with Gasteiger partial charge in [-0.25, -0.2) is 0 Å². The monoisotopic (exact) mass is 258 g/mol. The molecule has 16 heavy (non-hydrogen) atoms. The number of hydrogen-bond donors (Lipinski definition) is 2. The number of halogens is 1. The van der Waals surface area contributed by atoms with Crippen molar-refractivity contribution in [2.45, 2.75) is 38.3 Å². The van der Waals surface area contributed by atoms with Gasteiger partial charge in [0.05, 0.1) is 4.34 Å². The van der Waals surface area contributed by atoms with Crippen molar-refractivity contribution >= 4 is 22.9 Å². The third kappa shape index (κ3) is 4.06. The molecule has 0 atom stereocenters.